The zero-order chi connectivity index (χ0) is 11.5. The summed E-state index contributed by atoms with van der Waals surface area (Å²) in [6.45, 7) is 4.00. The molecule has 0 aliphatic heterocycles. The Morgan fingerprint density at radius 1 is 1.06 bits per heavy atom. The van der Waals surface area contributed by atoms with Gasteiger partial charge in [-0.1, -0.05) is 18.2 Å². The molecule has 0 atom stereocenters. The van der Waals surface area contributed by atoms with Gasteiger partial charge in [0.15, 0.2) is 0 Å². The van der Waals surface area contributed by atoms with E-state index < -0.39 is 0 Å². The highest BCUT2D eigenvalue weighted by molar-refractivity contribution is 5.51. The first-order chi connectivity index (χ1) is 7.68. The van der Waals surface area contributed by atoms with E-state index in [1.54, 1.807) is 18.3 Å². The Labute approximate surface area is 94.9 Å². The van der Waals surface area contributed by atoms with E-state index in [1.807, 2.05) is 32.0 Å². The van der Waals surface area contributed by atoms with Crippen molar-refractivity contribution in [1.29, 1.82) is 0 Å². The Balaban J connectivity index is 2.38. The first kappa shape index (κ1) is 10.5. The second kappa shape index (κ2) is 4.23. The maximum absolute atomic E-state index is 5.78. The lowest BCUT2D eigenvalue weighted by Crippen LogP contribution is -1.96. The smallest absolute Gasteiger partial charge is 0.242 e. The lowest BCUT2D eigenvalue weighted by Gasteiger charge is -2.11. The zero-order valence-corrected chi connectivity index (χ0v) is 9.40. The average Bonchev–Trinajstić information content (AvgIpc) is 2.26. The number of nitrogens with two attached hydrogens (primary N) is 1. The first-order valence-corrected chi connectivity index (χ1v) is 5.13. The molecule has 3 nitrogen and oxygen atoms in total. The topological polar surface area (TPSA) is 48.1 Å². The summed E-state index contributed by atoms with van der Waals surface area (Å²) in [6, 6.07) is 9.56. The van der Waals surface area contributed by atoms with Gasteiger partial charge in [0.1, 0.15) is 5.75 Å². The highest BCUT2D eigenvalue weighted by atomic mass is 16.5. The van der Waals surface area contributed by atoms with Crippen molar-refractivity contribution in [2.45, 2.75) is 13.8 Å². The molecule has 1 aromatic carbocycles. The van der Waals surface area contributed by atoms with Crippen molar-refractivity contribution in [3.63, 3.8) is 0 Å². The molecule has 2 rings (SSSR count). The van der Waals surface area contributed by atoms with E-state index in [2.05, 4.69) is 4.98 Å². The van der Waals surface area contributed by atoms with E-state index in [-0.39, 0.29) is 0 Å². The van der Waals surface area contributed by atoms with Crippen LogP contribution in [0, 0.1) is 13.8 Å². The van der Waals surface area contributed by atoms with Crippen molar-refractivity contribution in [3.8, 4) is 11.6 Å². The van der Waals surface area contributed by atoms with Crippen LogP contribution in [0.25, 0.3) is 0 Å². The maximum atomic E-state index is 5.78. The van der Waals surface area contributed by atoms with Crippen molar-refractivity contribution in [1.82, 2.24) is 4.98 Å². The number of pyridine rings is 1. The van der Waals surface area contributed by atoms with Crippen LogP contribution >= 0.6 is 0 Å². The largest absolute Gasteiger partial charge is 0.437 e. The summed E-state index contributed by atoms with van der Waals surface area (Å²) < 4.78 is 5.73. The molecule has 0 radical (unpaired) electrons. The van der Waals surface area contributed by atoms with Crippen LogP contribution in [0.4, 0.5) is 5.69 Å². The maximum Gasteiger partial charge on any atom is 0.242 e. The number of hydrogen-bond donors (Lipinski definition) is 1. The highest BCUT2D eigenvalue weighted by Crippen LogP contribution is 2.29. The Hall–Kier alpha value is -2.03. The molecule has 82 valence electrons. The van der Waals surface area contributed by atoms with Crippen molar-refractivity contribution in [2.75, 3.05) is 5.73 Å². The number of rotatable bonds is 2. The summed E-state index contributed by atoms with van der Waals surface area (Å²) in [6.07, 6.45) is 1.67. The minimum atomic E-state index is 0.458. The molecule has 0 aliphatic rings. The van der Waals surface area contributed by atoms with E-state index >= 15 is 0 Å². The molecule has 0 saturated heterocycles. The van der Waals surface area contributed by atoms with Gasteiger partial charge in [0, 0.05) is 6.20 Å². The number of para-hydroxylation sites is 1. The highest BCUT2D eigenvalue weighted by Gasteiger charge is 2.07. The molecule has 0 fully saturated rings. The van der Waals surface area contributed by atoms with Gasteiger partial charge in [-0.25, -0.2) is 4.98 Å². The number of ether oxygens (including phenoxy) is 1. The van der Waals surface area contributed by atoms with Crippen LogP contribution in [0.5, 0.6) is 11.6 Å². The second-order valence-electron chi connectivity index (χ2n) is 3.72. The molecule has 0 aliphatic carbocycles. The number of nitrogens with zero attached hydrogens (tertiary/aromatic N) is 1. The van der Waals surface area contributed by atoms with Gasteiger partial charge in [-0.15, -0.1) is 0 Å². The number of anilines is 1. The van der Waals surface area contributed by atoms with Crippen molar-refractivity contribution in [2.24, 2.45) is 0 Å². The van der Waals surface area contributed by atoms with E-state index in [4.69, 9.17) is 10.5 Å². The van der Waals surface area contributed by atoms with Crippen molar-refractivity contribution in [3.05, 3.63) is 47.7 Å². The van der Waals surface area contributed by atoms with Crippen molar-refractivity contribution < 1.29 is 4.74 Å². The SMILES string of the molecule is Cc1cccc(C)c1Oc1ncccc1N. The Kier molecular flexibility index (Phi) is 2.77. The molecule has 3 heteroatoms. The molecule has 2 aromatic rings. The fourth-order valence-corrected chi connectivity index (χ4v) is 1.55. The number of aromatic nitrogens is 1. The van der Waals surface area contributed by atoms with Crippen LogP contribution in [0.15, 0.2) is 36.5 Å². The fraction of sp³-hybridized carbons (Fsp3) is 0.154. The summed E-state index contributed by atoms with van der Waals surface area (Å²) in [5.74, 6) is 1.29. The predicted molar refractivity (Wildman–Crippen MR) is 64.6 cm³/mol. The van der Waals surface area contributed by atoms with Gasteiger partial charge in [-0.2, -0.15) is 0 Å². The van der Waals surface area contributed by atoms with E-state index in [0.717, 1.165) is 16.9 Å². The van der Waals surface area contributed by atoms with Gasteiger partial charge in [0.05, 0.1) is 5.69 Å². The summed E-state index contributed by atoms with van der Waals surface area (Å²) in [4.78, 5) is 4.11. The summed E-state index contributed by atoms with van der Waals surface area (Å²) in [7, 11) is 0. The number of benzene rings is 1. The van der Waals surface area contributed by atoms with Crippen LogP contribution in [-0.4, -0.2) is 4.98 Å². The second-order valence-corrected chi connectivity index (χ2v) is 3.72. The predicted octanol–water partition coefficient (Wildman–Crippen LogP) is 3.07. The van der Waals surface area contributed by atoms with Crippen LogP contribution in [0.3, 0.4) is 0 Å². The molecular formula is C13H14N2O. The van der Waals surface area contributed by atoms with Gasteiger partial charge in [0.25, 0.3) is 0 Å². The van der Waals surface area contributed by atoms with Gasteiger partial charge in [0.2, 0.25) is 5.88 Å². The number of nitrogen functional groups attached to an aromatic ring is 1. The van der Waals surface area contributed by atoms with Crippen LogP contribution < -0.4 is 10.5 Å². The van der Waals surface area contributed by atoms with E-state index in [9.17, 15) is 0 Å². The lowest BCUT2D eigenvalue weighted by atomic mass is 10.1. The molecular weight excluding hydrogens is 200 g/mol. The van der Waals surface area contributed by atoms with Gasteiger partial charge in [-0.05, 0) is 37.1 Å². The van der Waals surface area contributed by atoms with Crippen LogP contribution in [-0.2, 0) is 0 Å². The molecule has 16 heavy (non-hydrogen) atoms. The molecule has 0 unspecified atom stereocenters. The third-order valence-electron chi connectivity index (χ3n) is 2.41. The fourth-order valence-electron chi connectivity index (χ4n) is 1.55. The molecule has 0 bridgehead atoms. The van der Waals surface area contributed by atoms with Gasteiger partial charge < -0.3 is 10.5 Å². The third kappa shape index (κ3) is 1.98. The monoisotopic (exact) mass is 214 g/mol. The Morgan fingerprint density at radius 2 is 1.75 bits per heavy atom. The van der Waals surface area contributed by atoms with Crippen molar-refractivity contribution >= 4 is 5.69 Å². The molecule has 0 saturated carbocycles. The Bertz CT molecular complexity index is 489. The standard InChI is InChI=1S/C13H14N2O/c1-9-5-3-6-10(2)12(9)16-13-11(14)7-4-8-15-13/h3-8H,14H2,1-2H3. The van der Waals surface area contributed by atoms with Gasteiger partial charge in [-0.3, -0.25) is 0 Å². The first-order valence-electron chi connectivity index (χ1n) is 5.13. The third-order valence-corrected chi connectivity index (χ3v) is 2.41. The van der Waals surface area contributed by atoms with Crippen LogP contribution in [0.2, 0.25) is 0 Å². The lowest BCUT2D eigenvalue weighted by molar-refractivity contribution is 0.458. The average molecular weight is 214 g/mol. The summed E-state index contributed by atoms with van der Waals surface area (Å²) >= 11 is 0. The number of aryl methyl sites for hydroxylation is 2. The van der Waals surface area contributed by atoms with E-state index in [0.29, 0.717) is 11.6 Å². The Morgan fingerprint density at radius 3 is 2.38 bits per heavy atom. The summed E-state index contributed by atoms with van der Waals surface area (Å²) in [5, 5.41) is 0. The molecule has 2 N–H and O–H groups in total. The quantitative estimate of drug-likeness (QED) is 0.835. The van der Waals surface area contributed by atoms with E-state index in [1.165, 1.54) is 0 Å². The van der Waals surface area contributed by atoms with Crippen LogP contribution in [0.1, 0.15) is 11.1 Å². The molecule has 0 amide bonds. The normalized spacial score (nSPS) is 10.1. The number of hydrogen-bond acceptors (Lipinski definition) is 3. The minimum Gasteiger partial charge on any atom is -0.437 e. The molecule has 1 heterocycles. The zero-order valence-electron chi connectivity index (χ0n) is 9.40. The van der Waals surface area contributed by atoms with Gasteiger partial charge >= 0.3 is 0 Å². The minimum absolute atomic E-state index is 0.458. The molecule has 0 spiro atoms. The molecule has 1 aromatic heterocycles. The summed E-state index contributed by atoms with van der Waals surface area (Å²) in [5.41, 5.74) is 8.48.